The number of hydrogen-bond donors (Lipinski definition) is 2. The van der Waals surface area contributed by atoms with E-state index in [1.54, 1.807) is 6.07 Å². The van der Waals surface area contributed by atoms with E-state index in [2.05, 4.69) is 21.2 Å². The first-order valence-corrected chi connectivity index (χ1v) is 6.21. The molecule has 0 aliphatic heterocycles. The van der Waals surface area contributed by atoms with Crippen LogP contribution in [0.2, 0.25) is 0 Å². The third kappa shape index (κ3) is 3.47. The van der Waals surface area contributed by atoms with Gasteiger partial charge in [0.25, 0.3) is 5.91 Å². The van der Waals surface area contributed by atoms with E-state index < -0.39 is 17.8 Å². The first-order chi connectivity index (χ1) is 7.97. The highest BCUT2D eigenvalue weighted by molar-refractivity contribution is 9.10. The highest BCUT2D eigenvalue weighted by atomic mass is 79.9. The van der Waals surface area contributed by atoms with Crippen molar-refractivity contribution in [3.8, 4) is 0 Å². The number of carbonyl (C=O) groups is 1. The first-order valence-electron chi connectivity index (χ1n) is 5.01. The lowest BCUT2D eigenvalue weighted by molar-refractivity contribution is 0.0941. The normalized spacial score (nSPS) is 11.9. The Kier molecular flexibility index (Phi) is 5.02. The fourth-order valence-electron chi connectivity index (χ4n) is 1.32. The van der Waals surface area contributed by atoms with Crippen molar-refractivity contribution in [1.82, 2.24) is 5.32 Å². The van der Waals surface area contributed by atoms with Crippen LogP contribution in [0.4, 0.5) is 4.39 Å². The van der Waals surface area contributed by atoms with Gasteiger partial charge in [-0.1, -0.05) is 25.2 Å². The summed E-state index contributed by atoms with van der Waals surface area (Å²) in [5.74, 6) is -1.12. The molecule has 0 spiro atoms. The molecule has 0 aliphatic carbocycles. The van der Waals surface area contributed by atoms with Gasteiger partial charge < -0.3 is 11.1 Å². The zero-order valence-electron chi connectivity index (χ0n) is 9.17. The molecule has 0 radical (unpaired) electrons. The molecule has 3 nitrogen and oxygen atoms in total. The van der Waals surface area contributed by atoms with E-state index in [-0.39, 0.29) is 10.6 Å². The second-order valence-electron chi connectivity index (χ2n) is 3.43. The number of thiocarbonyl (C=S) groups is 1. The zero-order chi connectivity index (χ0) is 13.0. The molecule has 6 heteroatoms. The standard InChI is InChI=1S/C11H12BrFN2OS/c1-2-8(10(14)17)15-11(16)9-6(12)4-3-5-7(9)13/h3-5,8H,2H2,1H3,(H2,14,17)(H,15,16). The van der Waals surface area contributed by atoms with Gasteiger partial charge in [-0.25, -0.2) is 4.39 Å². The van der Waals surface area contributed by atoms with E-state index >= 15 is 0 Å². The van der Waals surface area contributed by atoms with Gasteiger partial charge in [0.15, 0.2) is 0 Å². The molecule has 1 atom stereocenters. The Morgan fingerprint density at radius 3 is 2.76 bits per heavy atom. The van der Waals surface area contributed by atoms with Gasteiger partial charge in [-0.05, 0) is 34.5 Å². The average molecular weight is 319 g/mol. The number of nitrogens with two attached hydrogens (primary N) is 1. The molecule has 3 N–H and O–H groups in total. The first kappa shape index (κ1) is 14.1. The van der Waals surface area contributed by atoms with E-state index in [4.69, 9.17) is 18.0 Å². The molecule has 0 aliphatic rings. The van der Waals surface area contributed by atoms with Crippen molar-refractivity contribution in [2.75, 3.05) is 0 Å². The predicted molar refractivity (Wildman–Crippen MR) is 72.4 cm³/mol. The van der Waals surface area contributed by atoms with Gasteiger partial charge in [0.05, 0.1) is 16.6 Å². The maximum absolute atomic E-state index is 13.5. The lowest BCUT2D eigenvalue weighted by Gasteiger charge is -2.16. The van der Waals surface area contributed by atoms with Gasteiger partial charge in [-0.15, -0.1) is 0 Å². The predicted octanol–water partition coefficient (Wildman–Crippen LogP) is 2.38. The summed E-state index contributed by atoms with van der Waals surface area (Å²) in [5.41, 5.74) is 5.42. The molecule has 0 aromatic heterocycles. The van der Waals surface area contributed by atoms with Crippen LogP contribution in [0.3, 0.4) is 0 Å². The van der Waals surface area contributed by atoms with Crippen LogP contribution in [0.15, 0.2) is 22.7 Å². The Hall–Kier alpha value is -1.01. The van der Waals surface area contributed by atoms with E-state index in [0.717, 1.165) is 0 Å². The van der Waals surface area contributed by atoms with Gasteiger partial charge in [0.1, 0.15) is 5.82 Å². The van der Waals surface area contributed by atoms with Crippen LogP contribution in [0.5, 0.6) is 0 Å². The van der Waals surface area contributed by atoms with Gasteiger partial charge in [-0.3, -0.25) is 4.79 Å². The van der Waals surface area contributed by atoms with Crippen molar-refractivity contribution in [1.29, 1.82) is 0 Å². The Morgan fingerprint density at radius 2 is 2.29 bits per heavy atom. The van der Waals surface area contributed by atoms with E-state index in [1.807, 2.05) is 6.92 Å². The number of nitrogens with one attached hydrogen (secondary N) is 1. The molecular formula is C11H12BrFN2OS. The minimum absolute atomic E-state index is 0.0396. The van der Waals surface area contributed by atoms with Crippen molar-refractivity contribution in [2.45, 2.75) is 19.4 Å². The number of amides is 1. The highest BCUT2D eigenvalue weighted by Crippen LogP contribution is 2.19. The van der Waals surface area contributed by atoms with Crippen LogP contribution in [-0.4, -0.2) is 16.9 Å². The van der Waals surface area contributed by atoms with Crippen LogP contribution in [0, 0.1) is 5.82 Å². The molecule has 0 fully saturated rings. The number of halogens is 2. The summed E-state index contributed by atoms with van der Waals surface area (Å²) in [7, 11) is 0. The Labute approximate surface area is 113 Å². The molecule has 1 amide bonds. The summed E-state index contributed by atoms with van der Waals surface area (Å²) in [6.45, 7) is 1.83. The average Bonchev–Trinajstić information content (AvgIpc) is 2.25. The lowest BCUT2D eigenvalue weighted by Crippen LogP contribution is -2.43. The van der Waals surface area contributed by atoms with Crippen molar-refractivity contribution >= 4 is 39.0 Å². The quantitative estimate of drug-likeness (QED) is 0.838. The third-order valence-electron chi connectivity index (χ3n) is 2.25. The van der Waals surface area contributed by atoms with E-state index in [9.17, 15) is 9.18 Å². The molecule has 0 saturated heterocycles. The fourth-order valence-corrected chi connectivity index (χ4v) is 2.07. The Morgan fingerprint density at radius 1 is 1.65 bits per heavy atom. The molecule has 1 aromatic carbocycles. The second-order valence-corrected chi connectivity index (χ2v) is 4.76. The maximum atomic E-state index is 13.5. The van der Waals surface area contributed by atoms with Crippen LogP contribution in [0.1, 0.15) is 23.7 Å². The Bertz CT molecular complexity index is 433. The summed E-state index contributed by atoms with van der Waals surface area (Å²) in [4.78, 5) is 12.1. The van der Waals surface area contributed by atoms with Crippen molar-refractivity contribution in [2.24, 2.45) is 5.73 Å². The van der Waals surface area contributed by atoms with Gasteiger partial charge >= 0.3 is 0 Å². The van der Waals surface area contributed by atoms with Crippen LogP contribution >= 0.6 is 28.1 Å². The largest absolute Gasteiger partial charge is 0.392 e. The Balaban J connectivity index is 2.94. The van der Waals surface area contributed by atoms with Gasteiger partial charge in [0.2, 0.25) is 0 Å². The lowest BCUT2D eigenvalue weighted by atomic mass is 10.1. The summed E-state index contributed by atoms with van der Waals surface area (Å²) in [5, 5.41) is 2.59. The summed E-state index contributed by atoms with van der Waals surface area (Å²) in [6, 6.07) is 3.91. The highest BCUT2D eigenvalue weighted by Gasteiger charge is 2.19. The van der Waals surface area contributed by atoms with Crippen LogP contribution in [-0.2, 0) is 0 Å². The SMILES string of the molecule is CCC(NC(=O)c1c(F)cccc1Br)C(N)=S. The second kappa shape index (κ2) is 6.07. The molecule has 92 valence electrons. The van der Waals surface area contributed by atoms with Crippen molar-refractivity contribution in [3.05, 3.63) is 34.1 Å². The molecule has 1 aromatic rings. The molecule has 1 unspecified atom stereocenters. The minimum Gasteiger partial charge on any atom is -0.392 e. The molecule has 1 rings (SSSR count). The number of benzene rings is 1. The van der Waals surface area contributed by atoms with Crippen LogP contribution < -0.4 is 11.1 Å². The smallest absolute Gasteiger partial charge is 0.255 e. The molecule has 0 saturated carbocycles. The van der Waals surface area contributed by atoms with Gasteiger partial charge in [-0.2, -0.15) is 0 Å². The maximum Gasteiger partial charge on any atom is 0.255 e. The molecular weight excluding hydrogens is 307 g/mol. The topological polar surface area (TPSA) is 55.1 Å². The summed E-state index contributed by atoms with van der Waals surface area (Å²) >= 11 is 7.94. The minimum atomic E-state index is -0.588. The van der Waals surface area contributed by atoms with E-state index in [1.165, 1.54) is 12.1 Å². The monoisotopic (exact) mass is 318 g/mol. The van der Waals surface area contributed by atoms with Gasteiger partial charge in [0, 0.05) is 4.47 Å². The van der Waals surface area contributed by atoms with Crippen molar-refractivity contribution in [3.63, 3.8) is 0 Å². The van der Waals surface area contributed by atoms with Crippen LogP contribution in [0.25, 0.3) is 0 Å². The molecule has 0 heterocycles. The van der Waals surface area contributed by atoms with Crippen molar-refractivity contribution < 1.29 is 9.18 Å². The summed E-state index contributed by atoms with van der Waals surface area (Å²) < 4.78 is 13.9. The molecule has 17 heavy (non-hydrogen) atoms. The number of hydrogen-bond acceptors (Lipinski definition) is 2. The summed E-state index contributed by atoms with van der Waals surface area (Å²) in [6.07, 6.45) is 0.563. The number of carbonyl (C=O) groups excluding carboxylic acids is 1. The molecule has 0 bridgehead atoms. The zero-order valence-corrected chi connectivity index (χ0v) is 11.6. The fraction of sp³-hybridized carbons (Fsp3) is 0.273. The third-order valence-corrected chi connectivity index (χ3v) is 3.19. The number of rotatable bonds is 4. The van der Waals surface area contributed by atoms with E-state index in [0.29, 0.717) is 10.9 Å².